The minimum Gasteiger partial charge on any atom is -0.395 e. The lowest BCUT2D eigenvalue weighted by atomic mass is 9.99. The Morgan fingerprint density at radius 1 is 1.28 bits per heavy atom. The van der Waals surface area contributed by atoms with Crippen molar-refractivity contribution in [1.29, 1.82) is 0 Å². The Hall–Kier alpha value is -0.200. The van der Waals surface area contributed by atoms with Gasteiger partial charge >= 0.3 is 0 Å². The van der Waals surface area contributed by atoms with Crippen LogP contribution in [0, 0.1) is 0 Å². The highest BCUT2D eigenvalue weighted by Gasteiger charge is 2.31. The molecule has 106 valence electrons. The SMILES string of the molecule is CC1(C)CN(CCN2CCOCC2)C(CO)CN1. The first kappa shape index (κ1) is 14.2. The molecule has 0 radical (unpaired) electrons. The lowest BCUT2D eigenvalue weighted by molar-refractivity contribution is 0.0159. The highest BCUT2D eigenvalue weighted by atomic mass is 16.5. The molecule has 2 rings (SSSR count). The van der Waals surface area contributed by atoms with Crippen molar-refractivity contribution in [3.05, 3.63) is 0 Å². The molecule has 0 spiro atoms. The third-order valence-corrected chi connectivity index (χ3v) is 3.95. The first-order chi connectivity index (χ1) is 8.61. The predicted octanol–water partition coefficient (Wildman–Crippen LogP) is -0.637. The molecule has 2 N–H and O–H groups in total. The number of morpholine rings is 1. The average Bonchev–Trinajstić information content (AvgIpc) is 2.37. The molecule has 2 aliphatic rings. The van der Waals surface area contributed by atoms with E-state index >= 15 is 0 Å². The Morgan fingerprint density at radius 3 is 2.67 bits per heavy atom. The molecule has 0 aliphatic carbocycles. The van der Waals surface area contributed by atoms with Crippen LogP contribution in [0.1, 0.15) is 13.8 Å². The summed E-state index contributed by atoms with van der Waals surface area (Å²) >= 11 is 0. The predicted molar refractivity (Wildman–Crippen MR) is 71.8 cm³/mol. The third-order valence-electron chi connectivity index (χ3n) is 3.95. The van der Waals surface area contributed by atoms with E-state index in [1.54, 1.807) is 0 Å². The molecule has 1 atom stereocenters. The summed E-state index contributed by atoms with van der Waals surface area (Å²) in [4.78, 5) is 4.87. The van der Waals surface area contributed by atoms with Gasteiger partial charge in [0.15, 0.2) is 0 Å². The first-order valence-electron chi connectivity index (χ1n) is 7.01. The van der Waals surface area contributed by atoms with Gasteiger partial charge in [0.1, 0.15) is 0 Å². The summed E-state index contributed by atoms with van der Waals surface area (Å²) in [5, 5.41) is 12.9. The molecule has 2 fully saturated rings. The molecule has 18 heavy (non-hydrogen) atoms. The second kappa shape index (κ2) is 6.30. The van der Waals surface area contributed by atoms with Crippen molar-refractivity contribution in [2.75, 3.05) is 59.1 Å². The van der Waals surface area contributed by atoms with E-state index in [9.17, 15) is 5.11 Å². The van der Waals surface area contributed by atoms with Gasteiger partial charge in [-0.05, 0) is 13.8 Å². The van der Waals surface area contributed by atoms with E-state index in [1.165, 1.54) is 0 Å². The van der Waals surface area contributed by atoms with Crippen molar-refractivity contribution in [2.24, 2.45) is 0 Å². The Bertz CT molecular complexity index is 255. The maximum Gasteiger partial charge on any atom is 0.0599 e. The van der Waals surface area contributed by atoms with Crippen LogP contribution in [0.2, 0.25) is 0 Å². The Balaban J connectivity index is 1.80. The second-order valence-corrected chi connectivity index (χ2v) is 6.03. The Kier molecular flexibility index (Phi) is 4.98. The molecule has 0 saturated carbocycles. The number of piperazine rings is 1. The molecular formula is C13H27N3O2. The van der Waals surface area contributed by atoms with Gasteiger partial charge in [0.05, 0.1) is 19.8 Å². The molecule has 1 unspecified atom stereocenters. The van der Waals surface area contributed by atoms with Crippen LogP contribution in [0.5, 0.6) is 0 Å². The lowest BCUT2D eigenvalue weighted by Crippen LogP contribution is -2.63. The van der Waals surface area contributed by atoms with Crippen LogP contribution in [0.4, 0.5) is 0 Å². The molecule has 0 aromatic carbocycles. The third kappa shape index (κ3) is 3.90. The first-order valence-corrected chi connectivity index (χ1v) is 7.01. The van der Waals surface area contributed by atoms with Crippen LogP contribution in [0.15, 0.2) is 0 Å². The number of nitrogens with zero attached hydrogens (tertiary/aromatic N) is 2. The van der Waals surface area contributed by atoms with Gasteiger partial charge in [-0.2, -0.15) is 0 Å². The van der Waals surface area contributed by atoms with Gasteiger partial charge in [-0.25, -0.2) is 0 Å². The van der Waals surface area contributed by atoms with E-state index in [4.69, 9.17) is 4.74 Å². The zero-order chi connectivity index (χ0) is 13.0. The zero-order valence-electron chi connectivity index (χ0n) is 11.7. The van der Waals surface area contributed by atoms with Crippen molar-refractivity contribution in [3.8, 4) is 0 Å². The van der Waals surface area contributed by atoms with Crippen molar-refractivity contribution >= 4 is 0 Å². The molecule has 5 nitrogen and oxygen atoms in total. The van der Waals surface area contributed by atoms with Gasteiger partial charge in [0.2, 0.25) is 0 Å². The van der Waals surface area contributed by atoms with Crippen LogP contribution in [0.3, 0.4) is 0 Å². The smallest absolute Gasteiger partial charge is 0.0599 e. The number of hydrogen-bond donors (Lipinski definition) is 2. The maximum absolute atomic E-state index is 9.45. The highest BCUT2D eigenvalue weighted by Crippen LogP contribution is 2.14. The number of rotatable bonds is 4. The summed E-state index contributed by atoms with van der Waals surface area (Å²) < 4.78 is 5.36. The van der Waals surface area contributed by atoms with Crippen molar-refractivity contribution in [2.45, 2.75) is 25.4 Å². The van der Waals surface area contributed by atoms with E-state index in [0.29, 0.717) is 0 Å². The summed E-state index contributed by atoms with van der Waals surface area (Å²) in [5.41, 5.74) is 0.149. The monoisotopic (exact) mass is 257 g/mol. The molecule has 0 amide bonds. The number of hydrogen-bond acceptors (Lipinski definition) is 5. The minimum absolute atomic E-state index is 0.149. The van der Waals surface area contributed by atoms with E-state index in [2.05, 4.69) is 29.0 Å². The van der Waals surface area contributed by atoms with Crippen LogP contribution in [-0.2, 0) is 4.74 Å². The number of aliphatic hydroxyl groups excluding tert-OH is 1. The van der Waals surface area contributed by atoms with Gasteiger partial charge in [-0.3, -0.25) is 9.80 Å². The van der Waals surface area contributed by atoms with Gasteiger partial charge < -0.3 is 15.2 Å². The van der Waals surface area contributed by atoms with E-state index in [0.717, 1.165) is 52.5 Å². The van der Waals surface area contributed by atoms with Gasteiger partial charge in [-0.1, -0.05) is 0 Å². The van der Waals surface area contributed by atoms with Crippen LogP contribution in [-0.4, -0.2) is 85.6 Å². The van der Waals surface area contributed by atoms with Crippen molar-refractivity contribution < 1.29 is 9.84 Å². The topological polar surface area (TPSA) is 48.0 Å². The molecule has 0 aromatic rings. The number of nitrogens with one attached hydrogen (secondary N) is 1. The molecule has 2 saturated heterocycles. The van der Waals surface area contributed by atoms with Crippen LogP contribution < -0.4 is 5.32 Å². The van der Waals surface area contributed by atoms with Gasteiger partial charge in [0, 0.05) is 50.8 Å². The van der Waals surface area contributed by atoms with Crippen LogP contribution in [0.25, 0.3) is 0 Å². The van der Waals surface area contributed by atoms with Crippen molar-refractivity contribution in [1.82, 2.24) is 15.1 Å². The summed E-state index contributed by atoms with van der Waals surface area (Å²) in [6.45, 7) is 12.5. The Labute approximate surface area is 110 Å². The minimum atomic E-state index is 0.149. The molecule has 0 aromatic heterocycles. The maximum atomic E-state index is 9.45. The lowest BCUT2D eigenvalue weighted by Gasteiger charge is -2.44. The largest absolute Gasteiger partial charge is 0.395 e. The normalized spacial score (nSPS) is 30.5. The van der Waals surface area contributed by atoms with Crippen molar-refractivity contribution in [3.63, 3.8) is 0 Å². The van der Waals surface area contributed by atoms with E-state index < -0.39 is 0 Å². The highest BCUT2D eigenvalue weighted by molar-refractivity contribution is 4.92. The fourth-order valence-corrected chi connectivity index (χ4v) is 2.75. The van der Waals surface area contributed by atoms with Gasteiger partial charge in [0.25, 0.3) is 0 Å². The van der Waals surface area contributed by atoms with Crippen LogP contribution >= 0.6 is 0 Å². The molecule has 2 heterocycles. The summed E-state index contributed by atoms with van der Waals surface area (Å²) in [7, 11) is 0. The molecule has 2 aliphatic heterocycles. The number of ether oxygens (including phenoxy) is 1. The quantitative estimate of drug-likeness (QED) is 0.702. The molecule has 5 heteroatoms. The standard InChI is InChI=1S/C13H27N3O2/c1-13(2)11-16(12(10-17)9-14-13)4-3-15-5-7-18-8-6-15/h12,14,17H,3-11H2,1-2H3. The summed E-state index contributed by atoms with van der Waals surface area (Å²) in [6.07, 6.45) is 0. The van der Waals surface area contributed by atoms with E-state index in [1.807, 2.05) is 0 Å². The fourth-order valence-electron chi connectivity index (χ4n) is 2.75. The fraction of sp³-hybridized carbons (Fsp3) is 1.00. The molecule has 0 bridgehead atoms. The average molecular weight is 257 g/mol. The van der Waals surface area contributed by atoms with E-state index in [-0.39, 0.29) is 18.2 Å². The van der Waals surface area contributed by atoms with Gasteiger partial charge in [-0.15, -0.1) is 0 Å². The summed E-state index contributed by atoms with van der Waals surface area (Å²) in [6, 6.07) is 0.263. The molecular weight excluding hydrogens is 230 g/mol. The number of aliphatic hydroxyl groups is 1. The zero-order valence-corrected chi connectivity index (χ0v) is 11.7. The second-order valence-electron chi connectivity index (χ2n) is 6.03. The summed E-state index contributed by atoms with van der Waals surface area (Å²) in [5.74, 6) is 0. The Morgan fingerprint density at radius 2 is 2.00 bits per heavy atom.